The second-order valence-electron chi connectivity index (χ2n) is 4.74. The van der Waals surface area contributed by atoms with Crippen molar-refractivity contribution in [1.82, 2.24) is 0 Å². The van der Waals surface area contributed by atoms with E-state index in [1.165, 1.54) is 5.56 Å². The number of hydrogen-bond donors (Lipinski definition) is 0. The molecule has 0 heterocycles. The zero-order chi connectivity index (χ0) is 14.3. The lowest BCUT2D eigenvalue weighted by atomic mass is 9.98. The number of hydrogen-bond acceptors (Lipinski definition) is 2. The summed E-state index contributed by atoms with van der Waals surface area (Å²) < 4.78 is 12.6. The average Bonchev–Trinajstić information content (AvgIpc) is 2.53. The largest absolute Gasteiger partial charge is 0.491 e. The van der Waals surface area contributed by atoms with Crippen LogP contribution in [0.3, 0.4) is 0 Å². The molecule has 0 radical (unpaired) electrons. The fourth-order valence-corrected chi connectivity index (χ4v) is 2.59. The number of benzene rings is 2. The van der Waals surface area contributed by atoms with Gasteiger partial charge in [-0.2, -0.15) is 0 Å². The van der Waals surface area contributed by atoms with Gasteiger partial charge in [-0.05, 0) is 24.6 Å². The maximum atomic E-state index is 6.05. The van der Waals surface area contributed by atoms with Crippen LogP contribution >= 0.6 is 22.6 Å². The molecule has 20 heavy (non-hydrogen) atoms. The fraction of sp³-hybridized carbons (Fsp3) is 0.294. The Morgan fingerprint density at radius 1 is 0.900 bits per heavy atom. The van der Waals surface area contributed by atoms with Crippen molar-refractivity contribution in [2.75, 3.05) is 17.6 Å². The van der Waals surface area contributed by atoms with E-state index in [0.717, 1.165) is 10.2 Å². The Bertz CT molecular complexity index is 501. The molecule has 0 amide bonds. The van der Waals surface area contributed by atoms with Crippen LogP contribution in [0.1, 0.15) is 12.5 Å². The van der Waals surface area contributed by atoms with E-state index in [9.17, 15) is 0 Å². The van der Waals surface area contributed by atoms with E-state index in [2.05, 4.69) is 41.6 Å². The Hall–Kier alpha value is -1.07. The first-order valence-electron chi connectivity index (χ1n) is 6.68. The molecule has 2 aromatic carbocycles. The summed E-state index contributed by atoms with van der Waals surface area (Å²) in [5.74, 6) is 0.881. The summed E-state index contributed by atoms with van der Waals surface area (Å²) in [6, 6.07) is 20.1. The first-order chi connectivity index (χ1) is 9.74. The highest BCUT2D eigenvalue weighted by Gasteiger charge is 2.25. The Labute approximate surface area is 134 Å². The zero-order valence-corrected chi connectivity index (χ0v) is 13.7. The van der Waals surface area contributed by atoms with Gasteiger partial charge >= 0.3 is 0 Å². The van der Waals surface area contributed by atoms with Crippen molar-refractivity contribution in [3.63, 3.8) is 0 Å². The normalized spacial score (nSPS) is 13.7. The van der Waals surface area contributed by atoms with E-state index >= 15 is 0 Å². The monoisotopic (exact) mass is 382 g/mol. The third-order valence-corrected chi connectivity index (χ3v) is 4.61. The van der Waals surface area contributed by atoms with Crippen molar-refractivity contribution < 1.29 is 9.47 Å². The topological polar surface area (TPSA) is 18.5 Å². The van der Waals surface area contributed by atoms with Gasteiger partial charge in [0, 0.05) is 4.43 Å². The minimum Gasteiger partial charge on any atom is -0.491 e. The lowest BCUT2D eigenvalue weighted by Gasteiger charge is -2.28. The second kappa shape index (κ2) is 7.64. The molecule has 0 aliphatic carbocycles. The molecular formula is C17H19IO2. The van der Waals surface area contributed by atoms with Crippen LogP contribution in [0.5, 0.6) is 5.75 Å². The second-order valence-corrected chi connectivity index (χ2v) is 5.50. The van der Waals surface area contributed by atoms with E-state index in [4.69, 9.17) is 9.47 Å². The van der Waals surface area contributed by atoms with Gasteiger partial charge in [0.25, 0.3) is 0 Å². The third-order valence-electron chi connectivity index (χ3n) is 3.16. The molecule has 2 aromatic rings. The summed E-state index contributed by atoms with van der Waals surface area (Å²) >= 11 is 2.37. The molecule has 0 fully saturated rings. The summed E-state index contributed by atoms with van der Waals surface area (Å²) in [5.41, 5.74) is 0.941. The van der Waals surface area contributed by atoms with E-state index in [1.807, 2.05) is 48.5 Å². The molecule has 2 rings (SSSR count). The van der Waals surface area contributed by atoms with Gasteiger partial charge in [0.05, 0.1) is 12.2 Å². The van der Waals surface area contributed by atoms with Gasteiger partial charge in [0.1, 0.15) is 12.4 Å². The van der Waals surface area contributed by atoms with Gasteiger partial charge in [-0.1, -0.05) is 71.1 Å². The Morgan fingerprint density at radius 3 is 2.10 bits per heavy atom. The summed E-state index contributed by atoms with van der Waals surface area (Å²) in [5, 5.41) is 0. The van der Waals surface area contributed by atoms with E-state index in [1.54, 1.807) is 0 Å². The Morgan fingerprint density at radius 2 is 1.50 bits per heavy atom. The molecular weight excluding hydrogens is 363 g/mol. The van der Waals surface area contributed by atoms with Crippen LogP contribution in [-0.2, 0) is 10.3 Å². The summed E-state index contributed by atoms with van der Waals surface area (Å²) in [7, 11) is 0. The van der Waals surface area contributed by atoms with Gasteiger partial charge in [0.15, 0.2) is 0 Å². The van der Waals surface area contributed by atoms with E-state index in [0.29, 0.717) is 13.2 Å². The average molecular weight is 382 g/mol. The standard InChI is InChI=1S/C17H19IO2/c1-17(14-18,15-8-4-2-5-9-15)20-13-12-19-16-10-6-3-7-11-16/h2-11H,12-14H2,1H3. The van der Waals surface area contributed by atoms with Crippen molar-refractivity contribution in [1.29, 1.82) is 0 Å². The fourth-order valence-electron chi connectivity index (χ4n) is 1.93. The quantitative estimate of drug-likeness (QED) is 0.401. The predicted octanol–water partition coefficient (Wildman–Crippen LogP) is 4.43. The number of halogens is 1. The Kier molecular flexibility index (Phi) is 5.86. The molecule has 3 heteroatoms. The van der Waals surface area contributed by atoms with Crippen LogP contribution in [0.2, 0.25) is 0 Å². The minimum absolute atomic E-state index is 0.262. The molecule has 0 saturated heterocycles. The smallest absolute Gasteiger partial charge is 0.119 e. The molecule has 1 unspecified atom stereocenters. The molecule has 106 valence electrons. The van der Waals surface area contributed by atoms with E-state index in [-0.39, 0.29) is 5.60 Å². The van der Waals surface area contributed by atoms with Gasteiger partial charge in [0.2, 0.25) is 0 Å². The van der Waals surface area contributed by atoms with Crippen molar-refractivity contribution in [3.8, 4) is 5.75 Å². The zero-order valence-electron chi connectivity index (χ0n) is 11.6. The third kappa shape index (κ3) is 4.21. The lowest BCUT2D eigenvalue weighted by Crippen LogP contribution is -2.29. The summed E-state index contributed by atoms with van der Waals surface area (Å²) in [6.45, 7) is 3.25. The molecule has 0 bridgehead atoms. The molecule has 0 spiro atoms. The molecule has 0 aromatic heterocycles. The number of para-hydroxylation sites is 1. The van der Waals surface area contributed by atoms with Crippen LogP contribution in [0.25, 0.3) is 0 Å². The maximum absolute atomic E-state index is 6.05. The van der Waals surface area contributed by atoms with Crippen LogP contribution in [0, 0.1) is 0 Å². The molecule has 0 saturated carbocycles. The Balaban J connectivity index is 1.85. The predicted molar refractivity (Wildman–Crippen MR) is 90.6 cm³/mol. The summed E-state index contributed by atoms with van der Waals surface area (Å²) in [4.78, 5) is 0. The van der Waals surface area contributed by atoms with Crippen molar-refractivity contribution in [2.24, 2.45) is 0 Å². The molecule has 2 nitrogen and oxygen atoms in total. The van der Waals surface area contributed by atoms with Crippen LogP contribution < -0.4 is 4.74 Å². The highest BCUT2D eigenvalue weighted by atomic mass is 127. The molecule has 1 atom stereocenters. The first kappa shape index (κ1) is 15.3. The van der Waals surface area contributed by atoms with Gasteiger partial charge in [-0.3, -0.25) is 0 Å². The highest BCUT2D eigenvalue weighted by molar-refractivity contribution is 14.1. The summed E-state index contributed by atoms with van der Waals surface area (Å²) in [6.07, 6.45) is 0. The molecule has 0 aliphatic rings. The highest BCUT2D eigenvalue weighted by Crippen LogP contribution is 2.27. The lowest BCUT2D eigenvalue weighted by molar-refractivity contribution is -0.0279. The van der Waals surface area contributed by atoms with Gasteiger partial charge < -0.3 is 9.47 Å². The van der Waals surface area contributed by atoms with Crippen molar-refractivity contribution in [2.45, 2.75) is 12.5 Å². The SMILES string of the molecule is CC(CI)(OCCOc1ccccc1)c1ccccc1. The van der Waals surface area contributed by atoms with Crippen molar-refractivity contribution in [3.05, 3.63) is 66.2 Å². The van der Waals surface area contributed by atoms with Crippen LogP contribution in [-0.4, -0.2) is 17.6 Å². The van der Waals surface area contributed by atoms with Gasteiger partial charge in [-0.25, -0.2) is 0 Å². The van der Waals surface area contributed by atoms with Crippen LogP contribution in [0.4, 0.5) is 0 Å². The van der Waals surface area contributed by atoms with Gasteiger partial charge in [-0.15, -0.1) is 0 Å². The van der Waals surface area contributed by atoms with E-state index < -0.39 is 0 Å². The maximum Gasteiger partial charge on any atom is 0.119 e. The van der Waals surface area contributed by atoms with Crippen LogP contribution in [0.15, 0.2) is 60.7 Å². The molecule has 0 aliphatic heterocycles. The number of ether oxygens (including phenoxy) is 2. The number of rotatable bonds is 7. The number of alkyl halides is 1. The first-order valence-corrected chi connectivity index (χ1v) is 8.20. The van der Waals surface area contributed by atoms with Crippen molar-refractivity contribution >= 4 is 22.6 Å². The molecule has 0 N–H and O–H groups in total. The minimum atomic E-state index is -0.262.